The molecule has 1 fully saturated rings. The molecule has 1 aromatic heterocycles. The molecule has 104 valence electrons. The first-order valence-corrected chi connectivity index (χ1v) is 7.91. The predicted octanol–water partition coefficient (Wildman–Crippen LogP) is -0.752. The molecule has 2 atom stereocenters. The van der Waals surface area contributed by atoms with Crippen LogP contribution in [-0.4, -0.2) is 61.5 Å². The van der Waals surface area contributed by atoms with Crippen LogP contribution in [0.25, 0.3) is 0 Å². The van der Waals surface area contributed by atoms with Gasteiger partial charge >= 0.3 is 0 Å². The maximum atomic E-state index is 11.3. The van der Waals surface area contributed by atoms with Crippen molar-refractivity contribution in [3.8, 4) is 0 Å². The lowest BCUT2D eigenvalue weighted by atomic mass is 10.2. The Balaban J connectivity index is 1.72. The van der Waals surface area contributed by atoms with E-state index in [0.29, 0.717) is 13.1 Å². The molecule has 0 aliphatic carbocycles. The fourth-order valence-corrected chi connectivity index (χ4v) is 3.73. The first-order valence-electron chi connectivity index (χ1n) is 6.08. The minimum Gasteiger partial charge on any atom is -0.390 e. The summed E-state index contributed by atoms with van der Waals surface area (Å²) in [7, 11) is -3.09. The largest absolute Gasteiger partial charge is 0.390 e. The van der Waals surface area contributed by atoms with Crippen LogP contribution in [0, 0.1) is 0 Å². The van der Waals surface area contributed by atoms with Crippen LogP contribution in [-0.2, 0) is 9.84 Å². The number of sulfone groups is 1. The second kappa shape index (κ2) is 6.23. The van der Waals surface area contributed by atoms with Crippen molar-refractivity contribution in [2.75, 3.05) is 24.6 Å². The highest BCUT2D eigenvalue weighted by molar-refractivity contribution is 7.91. The number of hydrogen-bond acceptors (Lipinski definition) is 6. The number of aliphatic imine (C=N–C) groups is 1. The normalized spacial score (nSPS) is 25.9. The Hall–Kier alpha value is -1.31. The highest BCUT2D eigenvalue weighted by Crippen LogP contribution is 2.11. The highest BCUT2D eigenvalue weighted by atomic mass is 32.2. The minimum atomic E-state index is -3.09. The standard InChI is InChI=1S/C12H17N3O3S/c16-12-9-19(17,18)8-11(12)15-6-5-14-7-10-1-3-13-4-2-10/h1-4,7,11-12,15-16H,5-6,8-9H2/t11-,12+/m0/s1. The molecule has 1 aliphatic heterocycles. The summed E-state index contributed by atoms with van der Waals surface area (Å²) in [6.45, 7) is 1.07. The molecular formula is C12H17N3O3S. The van der Waals surface area contributed by atoms with Gasteiger partial charge in [-0.15, -0.1) is 0 Å². The fraction of sp³-hybridized carbons (Fsp3) is 0.500. The summed E-state index contributed by atoms with van der Waals surface area (Å²) >= 11 is 0. The molecule has 6 nitrogen and oxygen atoms in total. The lowest BCUT2D eigenvalue weighted by Crippen LogP contribution is -2.40. The van der Waals surface area contributed by atoms with E-state index in [1.165, 1.54) is 0 Å². The molecule has 0 amide bonds. The number of pyridine rings is 1. The van der Waals surface area contributed by atoms with Gasteiger partial charge in [0.1, 0.15) is 0 Å². The van der Waals surface area contributed by atoms with Crippen LogP contribution in [0.3, 0.4) is 0 Å². The van der Waals surface area contributed by atoms with Gasteiger partial charge < -0.3 is 10.4 Å². The first kappa shape index (κ1) is 14.1. The average Bonchev–Trinajstić information content (AvgIpc) is 2.63. The molecule has 7 heteroatoms. The zero-order valence-electron chi connectivity index (χ0n) is 10.4. The third kappa shape index (κ3) is 4.38. The summed E-state index contributed by atoms with van der Waals surface area (Å²) in [6, 6.07) is 3.33. The van der Waals surface area contributed by atoms with Gasteiger partial charge in [0.15, 0.2) is 9.84 Å². The fourth-order valence-electron chi connectivity index (χ4n) is 1.96. The zero-order valence-corrected chi connectivity index (χ0v) is 11.3. The lowest BCUT2D eigenvalue weighted by Gasteiger charge is -2.13. The van der Waals surface area contributed by atoms with Crippen molar-refractivity contribution in [2.24, 2.45) is 4.99 Å². The van der Waals surface area contributed by atoms with E-state index in [0.717, 1.165) is 5.56 Å². The topological polar surface area (TPSA) is 91.7 Å². The van der Waals surface area contributed by atoms with E-state index in [4.69, 9.17) is 0 Å². The summed E-state index contributed by atoms with van der Waals surface area (Å²) in [5, 5.41) is 12.6. The summed E-state index contributed by atoms with van der Waals surface area (Å²) in [6.07, 6.45) is 4.32. The maximum absolute atomic E-state index is 11.3. The third-order valence-corrected chi connectivity index (χ3v) is 4.63. The van der Waals surface area contributed by atoms with Gasteiger partial charge in [-0.3, -0.25) is 9.98 Å². The van der Waals surface area contributed by atoms with E-state index in [1.54, 1.807) is 18.6 Å². The van der Waals surface area contributed by atoms with E-state index in [-0.39, 0.29) is 17.5 Å². The SMILES string of the molecule is O=S1(=O)C[C@@H](O)[C@@H](NCCN=Cc2ccncc2)C1. The number of rotatable bonds is 5. The Kier molecular flexibility index (Phi) is 4.62. The summed E-state index contributed by atoms with van der Waals surface area (Å²) < 4.78 is 22.6. The summed E-state index contributed by atoms with van der Waals surface area (Å²) in [5.74, 6) is -0.146. The summed E-state index contributed by atoms with van der Waals surface area (Å²) in [5.41, 5.74) is 0.971. The molecule has 2 rings (SSSR count). The molecule has 0 bridgehead atoms. The van der Waals surface area contributed by atoms with Crippen LogP contribution in [0.5, 0.6) is 0 Å². The van der Waals surface area contributed by atoms with Crippen LogP contribution < -0.4 is 5.32 Å². The highest BCUT2D eigenvalue weighted by Gasteiger charge is 2.35. The van der Waals surface area contributed by atoms with Gasteiger partial charge in [-0.05, 0) is 17.7 Å². The Morgan fingerprint density at radius 3 is 2.79 bits per heavy atom. The van der Waals surface area contributed by atoms with E-state index in [9.17, 15) is 13.5 Å². The van der Waals surface area contributed by atoms with E-state index in [1.807, 2.05) is 12.1 Å². The van der Waals surface area contributed by atoms with Crippen molar-refractivity contribution < 1.29 is 13.5 Å². The van der Waals surface area contributed by atoms with Gasteiger partial charge in [0.25, 0.3) is 0 Å². The first-order chi connectivity index (χ1) is 9.07. The van der Waals surface area contributed by atoms with Gasteiger partial charge in [0.05, 0.1) is 24.2 Å². The van der Waals surface area contributed by atoms with E-state index >= 15 is 0 Å². The molecular weight excluding hydrogens is 266 g/mol. The van der Waals surface area contributed by atoms with Crippen molar-refractivity contribution >= 4 is 16.1 Å². The number of aliphatic hydroxyl groups is 1. The Morgan fingerprint density at radius 1 is 1.42 bits per heavy atom. The second-order valence-electron chi connectivity index (χ2n) is 4.52. The summed E-state index contributed by atoms with van der Waals surface area (Å²) in [4.78, 5) is 8.12. The van der Waals surface area contributed by atoms with Crippen LogP contribution in [0.4, 0.5) is 0 Å². The average molecular weight is 283 g/mol. The number of nitrogens with one attached hydrogen (secondary N) is 1. The number of aliphatic hydroxyl groups excluding tert-OH is 1. The van der Waals surface area contributed by atoms with Crippen molar-refractivity contribution in [2.45, 2.75) is 12.1 Å². The molecule has 1 saturated heterocycles. The van der Waals surface area contributed by atoms with Gasteiger partial charge in [0, 0.05) is 31.2 Å². The molecule has 2 N–H and O–H groups in total. The third-order valence-electron chi connectivity index (χ3n) is 2.92. The molecule has 2 heterocycles. The predicted molar refractivity (Wildman–Crippen MR) is 73.1 cm³/mol. The van der Waals surface area contributed by atoms with Crippen molar-refractivity contribution in [3.05, 3.63) is 30.1 Å². The Bertz CT molecular complexity index is 530. The van der Waals surface area contributed by atoms with Crippen LogP contribution in [0.1, 0.15) is 5.56 Å². The van der Waals surface area contributed by atoms with Gasteiger partial charge in [-0.2, -0.15) is 0 Å². The molecule has 1 aromatic rings. The zero-order chi connectivity index (χ0) is 13.7. The lowest BCUT2D eigenvalue weighted by molar-refractivity contribution is 0.167. The van der Waals surface area contributed by atoms with Gasteiger partial charge in [-0.25, -0.2) is 8.42 Å². The quantitative estimate of drug-likeness (QED) is 0.548. The maximum Gasteiger partial charge on any atom is 0.154 e. The van der Waals surface area contributed by atoms with Crippen LogP contribution in [0.15, 0.2) is 29.5 Å². The van der Waals surface area contributed by atoms with E-state index < -0.39 is 15.9 Å². The molecule has 0 spiro atoms. The molecule has 0 radical (unpaired) electrons. The van der Waals surface area contributed by atoms with Gasteiger partial charge in [-0.1, -0.05) is 0 Å². The van der Waals surface area contributed by atoms with Crippen LogP contribution >= 0.6 is 0 Å². The van der Waals surface area contributed by atoms with Crippen molar-refractivity contribution in [1.29, 1.82) is 0 Å². The molecule has 19 heavy (non-hydrogen) atoms. The molecule has 0 aromatic carbocycles. The van der Waals surface area contributed by atoms with Crippen molar-refractivity contribution in [1.82, 2.24) is 10.3 Å². The van der Waals surface area contributed by atoms with Crippen LogP contribution in [0.2, 0.25) is 0 Å². The minimum absolute atomic E-state index is 0.00222. The Morgan fingerprint density at radius 2 is 2.16 bits per heavy atom. The molecule has 0 unspecified atom stereocenters. The number of aromatic nitrogens is 1. The van der Waals surface area contributed by atoms with Crippen molar-refractivity contribution in [3.63, 3.8) is 0 Å². The monoisotopic (exact) mass is 283 g/mol. The number of hydrogen-bond donors (Lipinski definition) is 2. The van der Waals surface area contributed by atoms with E-state index in [2.05, 4.69) is 15.3 Å². The smallest absolute Gasteiger partial charge is 0.154 e. The Labute approximate surface area is 112 Å². The molecule has 1 aliphatic rings. The second-order valence-corrected chi connectivity index (χ2v) is 6.67. The molecule has 0 saturated carbocycles. The van der Waals surface area contributed by atoms with Gasteiger partial charge in [0.2, 0.25) is 0 Å². The number of nitrogens with zero attached hydrogens (tertiary/aromatic N) is 2.